The lowest BCUT2D eigenvalue weighted by Gasteiger charge is -2.15. The Morgan fingerprint density at radius 2 is 1.31 bits per heavy atom. The second-order valence-electron chi connectivity index (χ2n) is 5.81. The first-order chi connectivity index (χ1) is 13.5. The smallest absolute Gasteiger partial charge is 0.390 e. The molecule has 0 radical (unpaired) electrons. The Bertz CT molecular complexity index is 844. The molecule has 29 heavy (non-hydrogen) atoms. The van der Waals surface area contributed by atoms with Crippen molar-refractivity contribution in [1.29, 1.82) is 0 Å². The Kier molecular flexibility index (Phi) is 9.26. The fourth-order valence-electron chi connectivity index (χ4n) is 2.43. The van der Waals surface area contributed by atoms with Gasteiger partial charge in [0.25, 0.3) is 0 Å². The molecule has 2 N–H and O–H groups in total. The lowest BCUT2D eigenvalue weighted by Crippen LogP contribution is -2.23. The molecule has 0 atom stereocenters. The highest BCUT2D eigenvalue weighted by Gasteiger charge is 2.15. The lowest BCUT2D eigenvalue weighted by molar-refractivity contribution is -0.396. The van der Waals surface area contributed by atoms with E-state index in [1.807, 2.05) is 7.05 Å². The summed E-state index contributed by atoms with van der Waals surface area (Å²) < 4.78 is 34.6. The zero-order valence-corrected chi connectivity index (χ0v) is 16.3. The third kappa shape index (κ3) is 9.70. The molecule has 0 saturated carbocycles. The van der Waals surface area contributed by atoms with Crippen LogP contribution in [0, 0.1) is 20.2 Å². The predicted octanol–water partition coefficient (Wildman–Crippen LogP) is 0.655. The molecule has 0 aliphatic carbocycles. The van der Waals surface area contributed by atoms with Crippen LogP contribution in [0.25, 0.3) is 0 Å². The molecule has 0 amide bonds. The molecule has 0 spiro atoms. The van der Waals surface area contributed by atoms with E-state index >= 15 is 0 Å². The molecule has 2 heterocycles. The van der Waals surface area contributed by atoms with Gasteiger partial charge in [0.2, 0.25) is 0 Å². The topological polar surface area (TPSA) is 200 Å². The van der Waals surface area contributed by atoms with Crippen LogP contribution in [0.4, 0.5) is 11.9 Å². The van der Waals surface area contributed by atoms with E-state index in [2.05, 4.69) is 14.9 Å². The highest BCUT2D eigenvalue weighted by atomic mass is 32.3. The van der Waals surface area contributed by atoms with Crippen molar-refractivity contribution in [3.8, 4) is 0 Å². The fraction of sp³-hybridized carbons (Fsp3) is 0.538. The number of rotatable bonds is 10. The van der Waals surface area contributed by atoms with Gasteiger partial charge in [-0.05, 0) is 29.7 Å². The van der Waals surface area contributed by atoms with Crippen molar-refractivity contribution in [2.75, 3.05) is 20.1 Å². The number of imidazole rings is 2. The normalized spacial score (nSPS) is 11.2. The van der Waals surface area contributed by atoms with Crippen molar-refractivity contribution in [2.24, 2.45) is 0 Å². The Hall–Kier alpha value is -2.95. The first kappa shape index (κ1) is 24.1. The van der Waals surface area contributed by atoms with Gasteiger partial charge in [-0.25, -0.2) is 9.13 Å². The van der Waals surface area contributed by atoms with Gasteiger partial charge in [-0.1, -0.05) is 9.97 Å². The van der Waals surface area contributed by atoms with Crippen molar-refractivity contribution in [1.82, 2.24) is 24.0 Å². The average molecular weight is 435 g/mol. The minimum atomic E-state index is -4.67. The summed E-state index contributed by atoms with van der Waals surface area (Å²) in [4.78, 5) is 30.0. The van der Waals surface area contributed by atoms with Gasteiger partial charge < -0.3 is 25.1 Å². The van der Waals surface area contributed by atoms with E-state index in [1.54, 1.807) is 12.4 Å². The van der Waals surface area contributed by atoms with Gasteiger partial charge in [0.15, 0.2) is 0 Å². The van der Waals surface area contributed by atoms with E-state index in [0.29, 0.717) is 13.1 Å². The number of hydrogen-bond acceptors (Lipinski definition) is 9. The quantitative estimate of drug-likeness (QED) is 0.301. The number of aromatic nitrogens is 4. The van der Waals surface area contributed by atoms with Crippen molar-refractivity contribution in [3.05, 3.63) is 45.0 Å². The third-order valence-electron chi connectivity index (χ3n) is 3.59. The summed E-state index contributed by atoms with van der Waals surface area (Å²) in [5.41, 5.74) is 0. The van der Waals surface area contributed by atoms with E-state index in [1.165, 1.54) is 21.5 Å². The minimum Gasteiger partial charge on any atom is -0.390 e. The molecule has 0 aliphatic rings. The van der Waals surface area contributed by atoms with Crippen molar-refractivity contribution in [3.63, 3.8) is 0 Å². The zero-order valence-electron chi connectivity index (χ0n) is 15.4. The molecule has 0 fully saturated rings. The third-order valence-corrected chi connectivity index (χ3v) is 3.59. The van der Waals surface area contributed by atoms with Crippen molar-refractivity contribution < 1.29 is 27.4 Å². The first-order valence-corrected chi connectivity index (χ1v) is 9.58. The second kappa shape index (κ2) is 11.1. The molecular formula is C13H21N7O8S. The first-order valence-electron chi connectivity index (χ1n) is 8.18. The molecule has 2 aromatic heterocycles. The van der Waals surface area contributed by atoms with Crippen LogP contribution < -0.4 is 0 Å². The molecule has 0 aromatic carbocycles. The van der Waals surface area contributed by atoms with E-state index in [4.69, 9.17) is 17.5 Å². The second-order valence-corrected chi connectivity index (χ2v) is 6.71. The van der Waals surface area contributed by atoms with Gasteiger partial charge in [-0.15, -0.1) is 0 Å². The average Bonchev–Trinajstić information content (AvgIpc) is 3.22. The summed E-state index contributed by atoms with van der Waals surface area (Å²) in [5, 5.41) is 21.5. The molecule has 16 heteroatoms. The molecule has 0 unspecified atom stereocenters. The minimum absolute atomic E-state index is 0.148. The van der Waals surface area contributed by atoms with Crippen LogP contribution in [0.3, 0.4) is 0 Å². The van der Waals surface area contributed by atoms with E-state index in [0.717, 1.165) is 25.9 Å². The molecule has 2 rings (SSSR count). The summed E-state index contributed by atoms with van der Waals surface area (Å²) in [5.74, 6) is -0.296. The number of hydrogen-bond donors (Lipinski definition) is 2. The predicted molar refractivity (Wildman–Crippen MR) is 98.7 cm³/mol. The maximum Gasteiger partial charge on any atom is 0.434 e. The largest absolute Gasteiger partial charge is 0.434 e. The maximum absolute atomic E-state index is 10.8. The summed E-state index contributed by atoms with van der Waals surface area (Å²) in [6.45, 7) is 2.57. The van der Waals surface area contributed by atoms with Crippen molar-refractivity contribution >= 4 is 22.3 Å². The fourth-order valence-corrected chi connectivity index (χ4v) is 2.43. The van der Waals surface area contributed by atoms with Gasteiger partial charge in [0, 0.05) is 13.1 Å². The molecule has 0 saturated heterocycles. The number of aryl methyl sites for hydroxylation is 2. The Labute approximate surface area is 165 Å². The number of nitrogens with zero attached hydrogens (tertiary/aromatic N) is 7. The van der Waals surface area contributed by atoms with Crippen molar-refractivity contribution in [2.45, 2.75) is 25.9 Å². The molecule has 0 aliphatic heterocycles. The SMILES string of the molecule is CN(CCCn1ccnc1[N+](=O)[O-])CCCn1ccnc1[N+](=O)[O-].O=S(=O)(O)O. The molecule has 15 nitrogen and oxygen atoms in total. The Morgan fingerprint density at radius 1 is 0.966 bits per heavy atom. The molecule has 2 aromatic rings. The highest BCUT2D eigenvalue weighted by molar-refractivity contribution is 7.79. The van der Waals surface area contributed by atoms with E-state index in [9.17, 15) is 20.2 Å². The van der Waals surface area contributed by atoms with Crippen LogP contribution in [0.1, 0.15) is 12.8 Å². The van der Waals surface area contributed by atoms with Gasteiger partial charge in [-0.2, -0.15) is 8.42 Å². The van der Waals surface area contributed by atoms with Gasteiger partial charge in [0.1, 0.15) is 24.8 Å². The van der Waals surface area contributed by atoms with E-state index < -0.39 is 20.2 Å². The summed E-state index contributed by atoms with van der Waals surface area (Å²) >= 11 is 0. The molecular weight excluding hydrogens is 414 g/mol. The Balaban J connectivity index is 0.000000749. The lowest BCUT2D eigenvalue weighted by atomic mass is 10.3. The van der Waals surface area contributed by atoms with Crippen LogP contribution in [0.15, 0.2) is 24.8 Å². The van der Waals surface area contributed by atoms with Gasteiger partial charge in [0.05, 0.1) is 13.1 Å². The van der Waals surface area contributed by atoms with E-state index in [-0.39, 0.29) is 11.9 Å². The van der Waals surface area contributed by atoms with Crippen LogP contribution >= 0.6 is 0 Å². The van der Waals surface area contributed by atoms with Crippen LogP contribution in [0.2, 0.25) is 0 Å². The maximum atomic E-state index is 10.8. The van der Waals surface area contributed by atoms with Crippen LogP contribution in [-0.4, -0.2) is 71.5 Å². The molecule has 0 bridgehead atoms. The molecule has 162 valence electrons. The zero-order chi connectivity index (χ0) is 22.0. The summed E-state index contributed by atoms with van der Waals surface area (Å²) in [6, 6.07) is 0. The number of nitro groups is 2. The monoisotopic (exact) mass is 435 g/mol. The van der Waals surface area contributed by atoms with Crippen LogP contribution in [-0.2, 0) is 23.5 Å². The Morgan fingerprint density at radius 3 is 1.62 bits per heavy atom. The van der Waals surface area contributed by atoms with Gasteiger partial charge in [-0.3, -0.25) is 9.11 Å². The summed E-state index contributed by atoms with van der Waals surface area (Å²) in [6.07, 6.45) is 7.52. The highest BCUT2D eigenvalue weighted by Crippen LogP contribution is 2.09. The van der Waals surface area contributed by atoms with Gasteiger partial charge >= 0.3 is 22.3 Å². The standard InChI is InChI=1S/C13H19N7O4.H2O4S/c1-16(6-2-8-17-10-4-14-12(17)19(21)22)7-3-9-18-11-5-15-13(18)20(23)24;1-5(2,3)4/h4-5,10-11H,2-3,6-9H2,1H3;(H2,1,2,3,4). The van der Waals surface area contributed by atoms with Crippen LogP contribution in [0.5, 0.6) is 0 Å². The summed E-state index contributed by atoms with van der Waals surface area (Å²) in [7, 11) is -2.72.